The van der Waals surface area contributed by atoms with Gasteiger partial charge in [0.15, 0.2) is 0 Å². The maximum Gasteiger partial charge on any atom is -0.0351 e. The summed E-state index contributed by atoms with van der Waals surface area (Å²) in [6.07, 6.45) is 26.9. The van der Waals surface area contributed by atoms with E-state index < -0.39 is 0 Å². The zero-order valence-corrected chi connectivity index (χ0v) is 14.2. The first-order valence-corrected chi connectivity index (χ1v) is 9.36. The van der Waals surface area contributed by atoms with Crippen molar-refractivity contribution in [2.45, 2.75) is 110 Å². The summed E-state index contributed by atoms with van der Waals surface area (Å²) in [6.45, 7) is 6.10. The topological polar surface area (TPSA) is 0 Å². The van der Waals surface area contributed by atoms with E-state index in [0.29, 0.717) is 0 Å². The SMILES string of the molecule is [CH2]C/C=C/CCCCCCCCCCCCCCCC. The average molecular weight is 280 g/mol. The van der Waals surface area contributed by atoms with E-state index >= 15 is 0 Å². The number of rotatable bonds is 16. The van der Waals surface area contributed by atoms with Crippen LogP contribution >= 0.6 is 0 Å². The number of unbranched alkanes of at least 4 members (excludes halogenated alkanes) is 14. The summed E-state index contributed by atoms with van der Waals surface area (Å²) in [5.74, 6) is 0. The van der Waals surface area contributed by atoms with Crippen LogP contribution in [0, 0.1) is 6.92 Å². The summed E-state index contributed by atoms with van der Waals surface area (Å²) < 4.78 is 0. The van der Waals surface area contributed by atoms with Crippen LogP contribution in [0.3, 0.4) is 0 Å². The molecular weight excluding hydrogens is 240 g/mol. The highest BCUT2D eigenvalue weighted by Gasteiger charge is 1.93. The van der Waals surface area contributed by atoms with Crippen molar-refractivity contribution >= 4 is 0 Å². The van der Waals surface area contributed by atoms with Gasteiger partial charge in [0.1, 0.15) is 0 Å². The van der Waals surface area contributed by atoms with Crippen LogP contribution in [0.15, 0.2) is 12.2 Å². The summed E-state index contributed by atoms with van der Waals surface area (Å²) in [5, 5.41) is 0. The molecule has 0 amide bonds. The molecule has 0 rings (SSSR count). The molecule has 0 heterocycles. The van der Waals surface area contributed by atoms with Crippen LogP contribution in [0.5, 0.6) is 0 Å². The lowest BCUT2D eigenvalue weighted by molar-refractivity contribution is 0.536. The van der Waals surface area contributed by atoms with Gasteiger partial charge in [-0.2, -0.15) is 0 Å². The molecule has 0 nitrogen and oxygen atoms in total. The van der Waals surface area contributed by atoms with E-state index in [1.165, 1.54) is 96.3 Å². The Morgan fingerprint density at radius 2 is 0.950 bits per heavy atom. The van der Waals surface area contributed by atoms with Crippen LogP contribution in [-0.2, 0) is 0 Å². The van der Waals surface area contributed by atoms with E-state index in [9.17, 15) is 0 Å². The molecule has 0 heteroatoms. The van der Waals surface area contributed by atoms with E-state index in [0.717, 1.165) is 6.42 Å². The van der Waals surface area contributed by atoms with Crippen molar-refractivity contribution in [2.24, 2.45) is 0 Å². The van der Waals surface area contributed by atoms with Crippen LogP contribution in [0.1, 0.15) is 110 Å². The number of hydrogen-bond acceptors (Lipinski definition) is 0. The molecule has 0 aromatic heterocycles. The molecule has 0 unspecified atom stereocenters. The first-order valence-electron chi connectivity index (χ1n) is 9.36. The lowest BCUT2D eigenvalue weighted by atomic mass is 10.0. The zero-order valence-electron chi connectivity index (χ0n) is 14.2. The number of hydrogen-bond donors (Lipinski definition) is 0. The van der Waals surface area contributed by atoms with Crippen molar-refractivity contribution in [3.05, 3.63) is 19.1 Å². The van der Waals surface area contributed by atoms with Crippen LogP contribution in [0.25, 0.3) is 0 Å². The van der Waals surface area contributed by atoms with E-state index in [2.05, 4.69) is 26.0 Å². The summed E-state index contributed by atoms with van der Waals surface area (Å²) in [7, 11) is 0. The maximum atomic E-state index is 3.81. The summed E-state index contributed by atoms with van der Waals surface area (Å²) >= 11 is 0. The Balaban J connectivity index is 2.94. The monoisotopic (exact) mass is 279 g/mol. The molecule has 0 aromatic rings. The van der Waals surface area contributed by atoms with Crippen LogP contribution < -0.4 is 0 Å². The van der Waals surface area contributed by atoms with Gasteiger partial charge in [-0.05, 0) is 26.2 Å². The Hall–Kier alpha value is -0.260. The molecule has 0 aliphatic carbocycles. The van der Waals surface area contributed by atoms with Crippen molar-refractivity contribution < 1.29 is 0 Å². The smallest absolute Gasteiger partial charge is 0.0351 e. The van der Waals surface area contributed by atoms with Gasteiger partial charge in [0, 0.05) is 0 Å². The van der Waals surface area contributed by atoms with Crippen molar-refractivity contribution in [2.75, 3.05) is 0 Å². The van der Waals surface area contributed by atoms with E-state index in [1.54, 1.807) is 0 Å². The van der Waals surface area contributed by atoms with E-state index in [-0.39, 0.29) is 0 Å². The Morgan fingerprint density at radius 1 is 0.550 bits per heavy atom. The van der Waals surface area contributed by atoms with Crippen LogP contribution in [-0.4, -0.2) is 0 Å². The van der Waals surface area contributed by atoms with E-state index in [1.807, 2.05) is 0 Å². The molecule has 119 valence electrons. The normalized spacial score (nSPS) is 11.5. The standard InChI is InChI=1S/C20H39/c1-3-5-7-9-11-13-15-17-19-20-18-16-14-12-10-8-6-4-2/h5,7H,1,3-4,6,8-20H2,2H3/b7-5+. The summed E-state index contributed by atoms with van der Waals surface area (Å²) in [4.78, 5) is 0. The second-order valence-corrected chi connectivity index (χ2v) is 6.14. The van der Waals surface area contributed by atoms with Gasteiger partial charge in [-0.3, -0.25) is 0 Å². The van der Waals surface area contributed by atoms with Gasteiger partial charge < -0.3 is 0 Å². The molecule has 1 radical (unpaired) electrons. The van der Waals surface area contributed by atoms with Crippen LogP contribution in [0.4, 0.5) is 0 Å². The Labute approximate surface area is 129 Å². The minimum Gasteiger partial charge on any atom is -0.0885 e. The molecule has 0 atom stereocenters. The van der Waals surface area contributed by atoms with Crippen molar-refractivity contribution in [1.82, 2.24) is 0 Å². The Bertz CT molecular complexity index is 180. The first-order chi connectivity index (χ1) is 9.91. The molecule has 0 saturated heterocycles. The highest BCUT2D eigenvalue weighted by Crippen LogP contribution is 2.13. The molecule has 0 aliphatic heterocycles. The average Bonchev–Trinajstić information content (AvgIpc) is 2.47. The molecule has 0 N–H and O–H groups in total. The predicted octanol–water partition coefficient (Wildman–Crippen LogP) is 7.64. The highest BCUT2D eigenvalue weighted by atomic mass is 14.0. The van der Waals surface area contributed by atoms with Gasteiger partial charge in [0.05, 0.1) is 0 Å². The van der Waals surface area contributed by atoms with Gasteiger partial charge in [0.25, 0.3) is 0 Å². The minimum absolute atomic E-state index is 0.943. The quantitative estimate of drug-likeness (QED) is 0.201. The molecule has 0 aromatic carbocycles. The molecule has 0 fully saturated rings. The fourth-order valence-electron chi connectivity index (χ4n) is 2.69. The summed E-state index contributed by atoms with van der Waals surface area (Å²) in [6, 6.07) is 0. The molecule has 0 spiro atoms. The van der Waals surface area contributed by atoms with Crippen LogP contribution in [0.2, 0.25) is 0 Å². The molecular formula is C20H39. The fraction of sp³-hybridized carbons (Fsp3) is 0.850. The third-order valence-corrected chi connectivity index (χ3v) is 4.06. The Kier molecular flexibility index (Phi) is 18.5. The first kappa shape index (κ1) is 19.7. The third-order valence-electron chi connectivity index (χ3n) is 4.06. The zero-order chi connectivity index (χ0) is 14.7. The second kappa shape index (κ2) is 18.7. The molecule has 20 heavy (non-hydrogen) atoms. The Morgan fingerprint density at radius 3 is 1.35 bits per heavy atom. The third kappa shape index (κ3) is 17.7. The predicted molar refractivity (Wildman–Crippen MR) is 94.0 cm³/mol. The highest BCUT2D eigenvalue weighted by molar-refractivity contribution is 4.81. The van der Waals surface area contributed by atoms with Gasteiger partial charge in [-0.25, -0.2) is 0 Å². The van der Waals surface area contributed by atoms with Crippen molar-refractivity contribution in [3.63, 3.8) is 0 Å². The van der Waals surface area contributed by atoms with Crippen molar-refractivity contribution in [3.8, 4) is 0 Å². The molecule has 0 aliphatic rings. The van der Waals surface area contributed by atoms with E-state index in [4.69, 9.17) is 0 Å². The van der Waals surface area contributed by atoms with Gasteiger partial charge in [-0.15, -0.1) is 0 Å². The van der Waals surface area contributed by atoms with Gasteiger partial charge in [-0.1, -0.05) is 103 Å². The van der Waals surface area contributed by atoms with Crippen molar-refractivity contribution in [1.29, 1.82) is 0 Å². The van der Waals surface area contributed by atoms with Gasteiger partial charge >= 0.3 is 0 Å². The largest absolute Gasteiger partial charge is 0.0885 e. The second-order valence-electron chi connectivity index (χ2n) is 6.14. The number of allylic oxidation sites excluding steroid dienone is 2. The maximum absolute atomic E-state index is 3.81. The minimum atomic E-state index is 0.943. The molecule has 0 saturated carbocycles. The fourth-order valence-corrected chi connectivity index (χ4v) is 2.69. The van der Waals surface area contributed by atoms with Gasteiger partial charge in [0.2, 0.25) is 0 Å². The lowest BCUT2D eigenvalue weighted by Gasteiger charge is -2.02. The summed E-state index contributed by atoms with van der Waals surface area (Å²) in [5.41, 5.74) is 0. The lowest BCUT2D eigenvalue weighted by Crippen LogP contribution is -1.83. The molecule has 0 bridgehead atoms.